The first-order valence-electron chi connectivity index (χ1n) is 6.59. The highest BCUT2D eigenvalue weighted by molar-refractivity contribution is 5.79. The predicted octanol–water partition coefficient (Wildman–Crippen LogP) is -0.816. The fraction of sp³-hybridized carbons (Fsp3) is 0.917. The maximum Gasteiger partial charge on any atom is 0.224 e. The fourth-order valence-corrected chi connectivity index (χ4v) is 2.58. The summed E-state index contributed by atoms with van der Waals surface area (Å²) in [4.78, 5) is 18.3. The van der Waals surface area contributed by atoms with Gasteiger partial charge in [-0.15, -0.1) is 0 Å². The topological polar surface area (TPSA) is 52.8 Å². The van der Waals surface area contributed by atoms with Gasteiger partial charge in [0.15, 0.2) is 0 Å². The molecule has 2 heterocycles. The van der Waals surface area contributed by atoms with Gasteiger partial charge in [0.2, 0.25) is 5.91 Å². The molecular formula is C12H24N4O. The van der Waals surface area contributed by atoms with E-state index in [4.69, 9.17) is 5.73 Å². The van der Waals surface area contributed by atoms with Gasteiger partial charge in [-0.25, -0.2) is 0 Å². The number of likely N-dealkylation sites (tertiary alicyclic amines) is 1. The van der Waals surface area contributed by atoms with Crippen molar-refractivity contribution >= 4 is 5.91 Å². The van der Waals surface area contributed by atoms with Crippen LogP contribution in [-0.4, -0.2) is 79.5 Å². The summed E-state index contributed by atoms with van der Waals surface area (Å²) in [7, 11) is 2.17. The number of hydrogen-bond donors (Lipinski definition) is 1. The van der Waals surface area contributed by atoms with Gasteiger partial charge in [0, 0.05) is 51.7 Å². The molecule has 0 spiro atoms. The number of carbonyl (C=O) groups is 1. The van der Waals surface area contributed by atoms with Crippen molar-refractivity contribution in [2.45, 2.75) is 18.9 Å². The molecule has 2 rings (SSSR count). The molecule has 0 aromatic carbocycles. The monoisotopic (exact) mass is 240 g/mol. The second-order valence-corrected chi connectivity index (χ2v) is 5.30. The highest BCUT2D eigenvalue weighted by atomic mass is 16.2. The molecule has 2 saturated heterocycles. The molecule has 2 aliphatic rings. The van der Waals surface area contributed by atoms with E-state index in [0.29, 0.717) is 6.42 Å². The Morgan fingerprint density at radius 3 is 2.53 bits per heavy atom. The van der Waals surface area contributed by atoms with Gasteiger partial charge < -0.3 is 20.4 Å². The van der Waals surface area contributed by atoms with Crippen LogP contribution in [0.4, 0.5) is 0 Å². The molecule has 0 bridgehead atoms. The largest absolute Gasteiger partial charge is 0.341 e. The molecule has 1 amide bonds. The molecule has 2 N–H and O–H groups in total. The summed E-state index contributed by atoms with van der Waals surface area (Å²) in [6.07, 6.45) is 1.61. The van der Waals surface area contributed by atoms with Gasteiger partial charge >= 0.3 is 0 Å². The molecule has 2 fully saturated rings. The summed E-state index contributed by atoms with van der Waals surface area (Å²) >= 11 is 0. The first kappa shape index (κ1) is 12.8. The molecule has 5 heteroatoms. The summed E-state index contributed by atoms with van der Waals surface area (Å²) < 4.78 is 0. The van der Waals surface area contributed by atoms with Crippen molar-refractivity contribution in [2.24, 2.45) is 5.73 Å². The lowest BCUT2D eigenvalue weighted by atomic mass is 10.3. The number of amides is 1. The highest BCUT2D eigenvalue weighted by Crippen LogP contribution is 2.09. The Kier molecular flexibility index (Phi) is 4.36. The first-order chi connectivity index (χ1) is 8.15. The van der Waals surface area contributed by atoms with Crippen LogP contribution in [0.1, 0.15) is 12.8 Å². The molecule has 1 atom stereocenters. The molecule has 0 radical (unpaired) electrons. The minimum atomic E-state index is 0.0612. The van der Waals surface area contributed by atoms with Gasteiger partial charge in [-0.3, -0.25) is 4.79 Å². The normalized spacial score (nSPS) is 28.0. The lowest BCUT2D eigenvalue weighted by Gasteiger charge is -2.32. The molecule has 5 nitrogen and oxygen atoms in total. The van der Waals surface area contributed by atoms with Crippen molar-refractivity contribution < 1.29 is 4.79 Å². The van der Waals surface area contributed by atoms with Crippen LogP contribution in [0.3, 0.4) is 0 Å². The van der Waals surface area contributed by atoms with E-state index >= 15 is 0 Å². The molecule has 17 heavy (non-hydrogen) atoms. The number of hydrogen-bond acceptors (Lipinski definition) is 4. The van der Waals surface area contributed by atoms with Gasteiger partial charge in [-0.05, 0) is 20.0 Å². The van der Waals surface area contributed by atoms with Crippen LogP contribution in [-0.2, 0) is 4.79 Å². The average Bonchev–Trinajstić information content (AvgIpc) is 2.60. The third-order valence-electron chi connectivity index (χ3n) is 3.74. The van der Waals surface area contributed by atoms with Crippen LogP contribution in [0.5, 0.6) is 0 Å². The summed E-state index contributed by atoms with van der Waals surface area (Å²) in [6.45, 7) is 7.36. The summed E-state index contributed by atoms with van der Waals surface area (Å²) in [5, 5.41) is 0. The average molecular weight is 240 g/mol. The quantitative estimate of drug-likeness (QED) is 0.698. The van der Waals surface area contributed by atoms with Crippen molar-refractivity contribution in [1.29, 1.82) is 0 Å². The number of rotatable bonds is 4. The zero-order valence-corrected chi connectivity index (χ0v) is 10.8. The van der Waals surface area contributed by atoms with E-state index in [9.17, 15) is 4.79 Å². The minimum Gasteiger partial charge on any atom is -0.341 e. The van der Waals surface area contributed by atoms with E-state index < -0.39 is 0 Å². The highest BCUT2D eigenvalue weighted by Gasteiger charge is 2.26. The van der Waals surface area contributed by atoms with Gasteiger partial charge in [-0.2, -0.15) is 0 Å². The van der Waals surface area contributed by atoms with Gasteiger partial charge in [0.25, 0.3) is 0 Å². The Morgan fingerprint density at radius 2 is 1.94 bits per heavy atom. The molecule has 0 aromatic heterocycles. The second kappa shape index (κ2) is 5.80. The van der Waals surface area contributed by atoms with Crippen LogP contribution >= 0.6 is 0 Å². The zero-order chi connectivity index (χ0) is 12.3. The van der Waals surface area contributed by atoms with Crippen molar-refractivity contribution in [2.75, 3.05) is 52.9 Å². The van der Waals surface area contributed by atoms with Crippen LogP contribution in [0.15, 0.2) is 0 Å². The molecule has 2 aliphatic heterocycles. The Balaban J connectivity index is 1.61. The van der Waals surface area contributed by atoms with Crippen molar-refractivity contribution in [3.63, 3.8) is 0 Å². The molecule has 1 unspecified atom stereocenters. The number of nitrogens with zero attached hydrogens (tertiary/aromatic N) is 3. The fourth-order valence-electron chi connectivity index (χ4n) is 2.58. The zero-order valence-electron chi connectivity index (χ0n) is 10.8. The van der Waals surface area contributed by atoms with E-state index in [2.05, 4.69) is 16.8 Å². The van der Waals surface area contributed by atoms with Gasteiger partial charge in [0.1, 0.15) is 0 Å². The smallest absolute Gasteiger partial charge is 0.224 e. The minimum absolute atomic E-state index is 0.0612. The lowest BCUT2D eigenvalue weighted by Crippen LogP contribution is -2.45. The van der Waals surface area contributed by atoms with E-state index in [1.807, 2.05) is 4.90 Å². The summed E-state index contributed by atoms with van der Waals surface area (Å²) in [6, 6.07) is 0.0612. The van der Waals surface area contributed by atoms with E-state index in [0.717, 1.165) is 52.2 Å². The van der Waals surface area contributed by atoms with E-state index in [-0.39, 0.29) is 11.9 Å². The molecule has 0 aliphatic carbocycles. The van der Waals surface area contributed by atoms with Crippen molar-refractivity contribution in [3.8, 4) is 0 Å². The Hall–Kier alpha value is -0.650. The summed E-state index contributed by atoms with van der Waals surface area (Å²) in [5.74, 6) is 0.232. The Bertz CT molecular complexity index is 263. The number of piperazine rings is 1. The second-order valence-electron chi connectivity index (χ2n) is 5.30. The maximum atomic E-state index is 11.5. The number of likely N-dealkylation sites (N-methyl/N-ethyl adjacent to an activating group) is 1. The Morgan fingerprint density at radius 1 is 1.24 bits per heavy atom. The van der Waals surface area contributed by atoms with Gasteiger partial charge in [-0.1, -0.05) is 0 Å². The SMILES string of the molecule is CN1CCN(CCCN2CC(N)CC2=O)CC1. The first-order valence-corrected chi connectivity index (χ1v) is 6.59. The number of carbonyl (C=O) groups excluding carboxylic acids is 1. The molecule has 0 saturated carbocycles. The maximum absolute atomic E-state index is 11.5. The third-order valence-corrected chi connectivity index (χ3v) is 3.74. The van der Waals surface area contributed by atoms with Crippen molar-refractivity contribution in [1.82, 2.24) is 14.7 Å². The van der Waals surface area contributed by atoms with Gasteiger partial charge in [0.05, 0.1) is 0 Å². The number of nitrogens with two attached hydrogens (primary N) is 1. The summed E-state index contributed by atoms with van der Waals surface area (Å²) in [5.41, 5.74) is 5.77. The standard InChI is InChI=1S/C12H24N4O/c1-14-5-7-15(8-6-14)3-2-4-16-10-11(13)9-12(16)17/h11H,2-10,13H2,1H3. The van der Waals surface area contributed by atoms with Crippen LogP contribution in [0.25, 0.3) is 0 Å². The van der Waals surface area contributed by atoms with E-state index in [1.54, 1.807) is 0 Å². The van der Waals surface area contributed by atoms with Crippen LogP contribution in [0.2, 0.25) is 0 Å². The van der Waals surface area contributed by atoms with Crippen LogP contribution < -0.4 is 5.73 Å². The molecule has 98 valence electrons. The van der Waals surface area contributed by atoms with Crippen molar-refractivity contribution in [3.05, 3.63) is 0 Å². The van der Waals surface area contributed by atoms with E-state index in [1.165, 1.54) is 0 Å². The van der Waals surface area contributed by atoms with Crippen LogP contribution in [0, 0.1) is 0 Å². The molecular weight excluding hydrogens is 216 g/mol. The predicted molar refractivity (Wildman–Crippen MR) is 67.7 cm³/mol. The molecule has 0 aromatic rings. The Labute approximate surface area is 104 Å². The third kappa shape index (κ3) is 3.66. The lowest BCUT2D eigenvalue weighted by molar-refractivity contribution is -0.127.